The van der Waals surface area contributed by atoms with Crippen molar-refractivity contribution in [2.45, 2.75) is 51.5 Å². The Morgan fingerprint density at radius 2 is 2.00 bits per heavy atom. The maximum Gasteiger partial charge on any atom is 0.125 e. The van der Waals surface area contributed by atoms with Gasteiger partial charge < -0.3 is 5.73 Å². The second kappa shape index (κ2) is 5.37. The van der Waals surface area contributed by atoms with Crippen LogP contribution < -0.4 is 5.73 Å². The Hall–Kier alpha value is -1.29. The molecule has 19 heavy (non-hydrogen) atoms. The highest BCUT2D eigenvalue weighted by Crippen LogP contribution is 2.34. The Bertz CT molecular complexity index is 547. The van der Waals surface area contributed by atoms with E-state index in [-0.39, 0.29) is 0 Å². The summed E-state index contributed by atoms with van der Waals surface area (Å²) in [5, 5.41) is 6.89. The van der Waals surface area contributed by atoms with Gasteiger partial charge >= 0.3 is 0 Å². The summed E-state index contributed by atoms with van der Waals surface area (Å²) in [6.45, 7) is 2.12. The molecule has 2 N–H and O–H groups in total. The third-order valence-electron chi connectivity index (χ3n) is 4.04. The van der Waals surface area contributed by atoms with Crippen molar-refractivity contribution < 1.29 is 0 Å². The van der Waals surface area contributed by atoms with Gasteiger partial charge in [0.25, 0.3) is 0 Å². The van der Waals surface area contributed by atoms with Crippen molar-refractivity contribution in [2.24, 2.45) is 0 Å². The number of aryl methyl sites for hydroxylation is 1. The fourth-order valence-corrected chi connectivity index (χ4v) is 3.84. The minimum absolute atomic E-state index is 0.541. The van der Waals surface area contributed by atoms with Crippen LogP contribution >= 0.6 is 11.3 Å². The predicted octanol–water partition coefficient (Wildman–Crippen LogP) is 4.40. The number of nitrogens with two attached hydrogens (primary N) is 1. The monoisotopic (exact) mass is 275 g/mol. The predicted molar refractivity (Wildman–Crippen MR) is 81.4 cm³/mol. The third kappa shape index (κ3) is 2.54. The molecule has 0 aromatic carbocycles. The minimum Gasteiger partial charge on any atom is -0.396 e. The summed E-state index contributed by atoms with van der Waals surface area (Å²) >= 11 is 1.73. The Balaban J connectivity index is 1.90. The van der Waals surface area contributed by atoms with Gasteiger partial charge in [-0.2, -0.15) is 5.10 Å². The summed E-state index contributed by atoms with van der Waals surface area (Å²) in [5.41, 5.74) is 9.22. The van der Waals surface area contributed by atoms with Crippen LogP contribution in [0.15, 0.2) is 17.6 Å². The van der Waals surface area contributed by atoms with Gasteiger partial charge in [0, 0.05) is 6.20 Å². The van der Waals surface area contributed by atoms with E-state index in [4.69, 9.17) is 10.8 Å². The summed E-state index contributed by atoms with van der Waals surface area (Å²) in [5.74, 6) is 0. The Kier molecular flexibility index (Phi) is 3.60. The smallest absolute Gasteiger partial charge is 0.125 e. The van der Waals surface area contributed by atoms with Crippen LogP contribution in [0.25, 0.3) is 10.6 Å². The molecule has 102 valence electrons. The zero-order chi connectivity index (χ0) is 13.2. The van der Waals surface area contributed by atoms with Crippen LogP contribution in [0.2, 0.25) is 0 Å². The van der Waals surface area contributed by atoms with Gasteiger partial charge in [0.05, 0.1) is 16.6 Å². The molecule has 1 fully saturated rings. The topological polar surface area (TPSA) is 43.8 Å². The third-order valence-corrected chi connectivity index (χ3v) is 5.06. The van der Waals surface area contributed by atoms with Crippen LogP contribution in [0, 0.1) is 6.92 Å². The molecule has 1 aliphatic rings. The molecule has 0 atom stereocenters. The largest absolute Gasteiger partial charge is 0.396 e. The Morgan fingerprint density at radius 1 is 1.26 bits per heavy atom. The second-order valence-electron chi connectivity index (χ2n) is 5.49. The van der Waals surface area contributed by atoms with Gasteiger partial charge in [-0.25, -0.2) is 0 Å². The number of hydrogen-bond donors (Lipinski definition) is 1. The molecule has 0 unspecified atom stereocenters. The first-order chi connectivity index (χ1) is 9.25. The molecule has 0 saturated heterocycles. The van der Waals surface area contributed by atoms with Gasteiger partial charge in [-0.1, -0.05) is 25.7 Å². The van der Waals surface area contributed by atoms with E-state index in [2.05, 4.69) is 23.1 Å². The van der Waals surface area contributed by atoms with E-state index in [0.717, 1.165) is 11.4 Å². The molecule has 3 nitrogen and oxygen atoms in total. The van der Waals surface area contributed by atoms with Gasteiger partial charge in [-0.15, -0.1) is 11.3 Å². The first-order valence-corrected chi connectivity index (χ1v) is 8.03. The van der Waals surface area contributed by atoms with Crippen LogP contribution in [0.5, 0.6) is 0 Å². The molecule has 3 rings (SSSR count). The SMILES string of the molecule is Cc1ccsc1-c1nn(C2CCCCCC2)cc1N. The molecule has 0 bridgehead atoms. The van der Waals surface area contributed by atoms with Gasteiger partial charge in [-0.3, -0.25) is 4.68 Å². The molecule has 2 heterocycles. The second-order valence-corrected chi connectivity index (χ2v) is 6.41. The quantitative estimate of drug-likeness (QED) is 0.826. The van der Waals surface area contributed by atoms with E-state index < -0.39 is 0 Å². The lowest BCUT2D eigenvalue weighted by Gasteiger charge is -2.14. The van der Waals surface area contributed by atoms with Crippen molar-refractivity contribution in [3.8, 4) is 10.6 Å². The van der Waals surface area contributed by atoms with E-state index in [1.165, 1.54) is 49.0 Å². The summed E-state index contributed by atoms with van der Waals surface area (Å²) in [4.78, 5) is 1.21. The fourth-order valence-electron chi connectivity index (χ4n) is 2.91. The first kappa shape index (κ1) is 12.7. The van der Waals surface area contributed by atoms with Crippen molar-refractivity contribution in [1.82, 2.24) is 9.78 Å². The fraction of sp³-hybridized carbons (Fsp3) is 0.533. The standard InChI is InChI=1S/C15H21N3S/c1-11-8-9-19-15(11)14-13(16)10-18(17-14)12-6-4-2-3-5-7-12/h8-10,12H,2-7,16H2,1H3. The number of hydrogen-bond acceptors (Lipinski definition) is 3. The van der Waals surface area contributed by atoms with Gasteiger partial charge in [0.15, 0.2) is 0 Å². The zero-order valence-corrected chi connectivity index (χ0v) is 12.2. The van der Waals surface area contributed by atoms with Crippen LogP contribution in [0.4, 0.5) is 5.69 Å². The maximum atomic E-state index is 6.17. The molecule has 4 heteroatoms. The van der Waals surface area contributed by atoms with Gasteiger partial charge in [0.2, 0.25) is 0 Å². The van der Waals surface area contributed by atoms with E-state index in [9.17, 15) is 0 Å². The number of aromatic nitrogens is 2. The molecule has 0 radical (unpaired) electrons. The number of nitrogen functional groups attached to an aromatic ring is 1. The number of nitrogens with zero attached hydrogens (tertiary/aromatic N) is 2. The van der Waals surface area contributed by atoms with Crippen molar-refractivity contribution in [3.63, 3.8) is 0 Å². The summed E-state index contributed by atoms with van der Waals surface area (Å²) in [6.07, 6.45) is 9.88. The van der Waals surface area contributed by atoms with Gasteiger partial charge in [0.1, 0.15) is 5.69 Å². The highest BCUT2D eigenvalue weighted by atomic mass is 32.1. The van der Waals surface area contributed by atoms with Crippen LogP contribution in [-0.2, 0) is 0 Å². The molecule has 0 amide bonds. The van der Waals surface area contributed by atoms with Crippen molar-refractivity contribution in [3.05, 3.63) is 23.2 Å². The molecule has 0 aliphatic heterocycles. The number of anilines is 1. The molecular weight excluding hydrogens is 254 g/mol. The maximum absolute atomic E-state index is 6.17. The average Bonchev–Trinajstić information content (AvgIpc) is 2.86. The Labute approximate surface area is 118 Å². The molecule has 2 aromatic rings. The molecule has 1 saturated carbocycles. The molecule has 2 aromatic heterocycles. The van der Waals surface area contributed by atoms with Crippen LogP contribution in [0.1, 0.15) is 50.1 Å². The van der Waals surface area contributed by atoms with E-state index >= 15 is 0 Å². The summed E-state index contributed by atoms with van der Waals surface area (Å²) in [6, 6.07) is 2.67. The summed E-state index contributed by atoms with van der Waals surface area (Å²) < 4.78 is 2.12. The van der Waals surface area contributed by atoms with E-state index in [1.807, 2.05) is 6.20 Å². The minimum atomic E-state index is 0.541. The van der Waals surface area contributed by atoms with Gasteiger partial charge in [-0.05, 0) is 36.8 Å². The molecular formula is C15H21N3S. The lowest BCUT2D eigenvalue weighted by Crippen LogP contribution is -2.08. The van der Waals surface area contributed by atoms with Crippen LogP contribution in [0.3, 0.4) is 0 Å². The number of rotatable bonds is 2. The zero-order valence-electron chi connectivity index (χ0n) is 11.4. The molecule has 0 spiro atoms. The van der Waals surface area contributed by atoms with Crippen molar-refractivity contribution in [1.29, 1.82) is 0 Å². The lowest BCUT2D eigenvalue weighted by molar-refractivity contribution is 0.406. The summed E-state index contributed by atoms with van der Waals surface area (Å²) in [7, 11) is 0. The van der Waals surface area contributed by atoms with E-state index in [1.54, 1.807) is 11.3 Å². The van der Waals surface area contributed by atoms with Crippen molar-refractivity contribution >= 4 is 17.0 Å². The highest BCUT2D eigenvalue weighted by molar-refractivity contribution is 7.13. The molecule has 1 aliphatic carbocycles. The van der Waals surface area contributed by atoms with Crippen LogP contribution in [-0.4, -0.2) is 9.78 Å². The number of thiophene rings is 1. The Morgan fingerprint density at radius 3 is 2.63 bits per heavy atom. The normalized spacial score (nSPS) is 17.5. The first-order valence-electron chi connectivity index (χ1n) is 7.15. The lowest BCUT2D eigenvalue weighted by atomic mass is 10.1. The van der Waals surface area contributed by atoms with Crippen molar-refractivity contribution in [2.75, 3.05) is 5.73 Å². The average molecular weight is 275 g/mol. The van der Waals surface area contributed by atoms with E-state index in [0.29, 0.717) is 6.04 Å². The highest BCUT2D eigenvalue weighted by Gasteiger charge is 2.18.